The molecule has 94 valence electrons. The van der Waals surface area contributed by atoms with E-state index in [2.05, 4.69) is 10.6 Å². The Morgan fingerprint density at radius 1 is 1.41 bits per heavy atom. The van der Waals surface area contributed by atoms with Crippen molar-refractivity contribution in [2.75, 3.05) is 19.6 Å². The topological polar surface area (TPSA) is 98.7 Å². The summed E-state index contributed by atoms with van der Waals surface area (Å²) in [6.45, 7) is 0.796. The van der Waals surface area contributed by atoms with Crippen LogP contribution in [0.1, 0.15) is 12.8 Å². The Bertz CT molecular complexity index is 347. The molecule has 2 rings (SSSR count). The van der Waals surface area contributed by atoms with E-state index in [0.29, 0.717) is 19.4 Å². The van der Waals surface area contributed by atoms with Gasteiger partial charge in [0.2, 0.25) is 11.8 Å². The van der Waals surface area contributed by atoms with Crippen molar-refractivity contribution in [3.63, 3.8) is 0 Å². The molecule has 2 aliphatic heterocycles. The molecule has 2 saturated heterocycles. The number of hydrogen-bond donors (Lipinski definition) is 3. The second kappa shape index (κ2) is 4.70. The van der Waals surface area contributed by atoms with E-state index in [9.17, 15) is 14.4 Å². The van der Waals surface area contributed by atoms with Gasteiger partial charge in [-0.2, -0.15) is 0 Å². The Labute approximate surface area is 98.2 Å². The van der Waals surface area contributed by atoms with Gasteiger partial charge in [0.15, 0.2) is 0 Å². The van der Waals surface area contributed by atoms with E-state index in [-0.39, 0.29) is 24.9 Å². The van der Waals surface area contributed by atoms with Gasteiger partial charge in [0.25, 0.3) is 0 Å². The van der Waals surface area contributed by atoms with Gasteiger partial charge < -0.3 is 15.3 Å². The summed E-state index contributed by atoms with van der Waals surface area (Å²) in [4.78, 5) is 35.4. The molecule has 0 aromatic rings. The number of nitrogens with zero attached hydrogens (tertiary/aromatic N) is 1. The molecule has 0 aliphatic carbocycles. The molecule has 17 heavy (non-hydrogen) atoms. The van der Waals surface area contributed by atoms with Crippen LogP contribution in [0.3, 0.4) is 0 Å². The van der Waals surface area contributed by atoms with Crippen LogP contribution in [0.25, 0.3) is 0 Å². The van der Waals surface area contributed by atoms with E-state index >= 15 is 0 Å². The molecule has 2 amide bonds. The number of carboxylic acid groups (broad SMARTS) is 1. The van der Waals surface area contributed by atoms with Gasteiger partial charge in [-0.25, -0.2) is 4.79 Å². The minimum atomic E-state index is -0.962. The van der Waals surface area contributed by atoms with Gasteiger partial charge in [0.1, 0.15) is 12.1 Å². The molecule has 0 spiro atoms. The van der Waals surface area contributed by atoms with Gasteiger partial charge in [-0.15, -0.1) is 0 Å². The van der Waals surface area contributed by atoms with Crippen LogP contribution in [0.15, 0.2) is 0 Å². The quantitative estimate of drug-likeness (QED) is 0.527. The van der Waals surface area contributed by atoms with Crippen LogP contribution in [0.2, 0.25) is 0 Å². The number of rotatable bonds is 2. The lowest BCUT2D eigenvalue weighted by atomic mass is 10.1. The lowest BCUT2D eigenvalue weighted by Crippen LogP contribution is -2.59. The number of carboxylic acids is 1. The van der Waals surface area contributed by atoms with E-state index in [0.717, 1.165) is 0 Å². The highest BCUT2D eigenvalue weighted by Gasteiger charge is 2.37. The fourth-order valence-electron chi connectivity index (χ4n) is 2.23. The zero-order valence-corrected chi connectivity index (χ0v) is 9.31. The van der Waals surface area contributed by atoms with Crippen molar-refractivity contribution in [3.8, 4) is 0 Å². The maximum Gasteiger partial charge on any atom is 0.326 e. The first kappa shape index (κ1) is 11.8. The first-order valence-corrected chi connectivity index (χ1v) is 5.63. The summed E-state index contributed by atoms with van der Waals surface area (Å²) >= 11 is 0. The molecule has 0 aromatic heterocycles. The number of piperazine rings is 1. The second-order valence-corrected chi connectivity index (χ2v) is 4.27. The van der Waals surface area contributed by atoms with Crippen molar-refractivity contribution in [2.45, 2.75) is 24.9 Å². The molecule has 2 atom stereocenters. The standard InChI is InChI=1S/C10H15N3O4/c14-8-5-11-6(4-12-8)9(15)13-3-1-2-7(13)10(16)17/h6-7,11H,1-5H2,(H,12,14)(H,16,17). The zero-order valence-electron chi connectivity index (χ0n) is 9.31. The summed E-state index contributed by atoms with van der Waals surface area (Å²) < 4.78 is 0. The van der Waals surface area contributed by atoms with Crippen molar-refractivity contribution in [1.82, 2.24) is 15.5 Å². The summed E-state index contributed by atoms with van der Waals surface area (Å²) in [5, 5.41) is 14.4. The third-order valence-electron chi connectivity index (χ3n) is 3.13. The third-order valence-corrected chi connectivity index (χ3v) is 3.13. The SMILES string of the molecule is O=C1CNC(C(=O)N2CCCC2C(=O)O)CN1. The monoisotopic (exact) mass is 241 g/mol. The minimum Gasteiger partial charge on any atom is -0.480 e. The van der Waals surface area contributed by atoms with Gasteiger partial charge in [-0.05, 0) is 12.8 Å². The molecular weight excluding hydrogens is 226 g/mol. The largest absolute Gasteiger partial charge is 0.480 e. The van der Waals surface area contributed by atoms with E-state index in [1.807, 2.05) is 0 Å². The average Bonchev–Trinajstić information content (AvgIpc) is 2.78. The molecule has 3 N–H and O–H groups in total. The highest BCUT2D eigenvalue weighted by Crippen LogP contribution is 2.18. The lowest BCUT2D eigenvalue weighted by molar-refractivity contribution is -0.149. The molecule has 0 saturated carbocycles. The zero-order chi connectivity index (χ0) is 12.4. The van der Waals surface area contributed by atoms with Crippen molar-refractivity contribution in [3.05, 3.63) is 0 Å². The molecule has 2 heterocycles. The molecule has 0 radical (unpaired) electrons. The average molecular weight is 241 g/mol. The fraction of sp³-hybridized carbons (Fsp3) is 0.700. The summed E-state index contributed by atoms with van der Waals surface area (Å²) in [5.41, 5.74) is 0. The summed E-state index contributed by atoms with van der Waals surface area (Å²) in [7, 11) is 0. The number of carbonyl (C=O) groups is 3. The number of aliphatic carboxylic acids is 1. The van der Waals surface area contributed by atoms with Crippen LogP contribution in [0.5, 0.6) is 0 Å². The Kier molecular flexibility index (Phi) is 3.28. The Balaban J connectivity index is 1.99. The van der Waals surface area contributed by atoms with E-state index in [1.54, 1.807) is 0 Å². The Morgan fingerprint density at radius 3 is 2.76 bits per heavy atom. The molecule has 7 nitrogen and oxygen atoms in total. The summed E-state index contributed by atoms with van der Waals surface area (Å²) in [5.74, 6) is -1.35. The van der Waals surface area contributed by atoms with Crippen LogP contribution in [0, 0.1) is 0 Å². The maximum absolute atomic E-state index is 12.1. The van der Waals surface area contributed by atoms with Crippen molar-refractivity contribution in [2.24, 2.45) is 0 Å². The molecule has 2 aliphatic rings. The number of amides is 2. The summed E-state index contributed by atoms with van der Waals surface area (Å²) in [6.07, 6.45) is 1.21. The van der Waals surface area contributed by atoms with Crippen LogP contribution in [-0.2, 0) is 14.4 Å². The number of carbonyl (C=O) groups excluding carboxylic acids is 2. The normalized spacial score (nSPS) is 28.9. The third kappa shape index (κ3) is 2.38. The number of likely N-dealkylation sites (tertiary alicyclic amines) is 1. The second-order valence-electron chi connectivity index (χ2n) is 4.27. The molecule has 7 heteroatoms. The van der Waals surface area contributed by atoms with E-state index < -0.39 is 18.1 Å². The Morgan fingerprint density at radius 2 is 2.18 bits per heavy atom. The van der Waals surface area contributed by atoms with Gasteiger partial charge in [-0.1, -0.05) is 0 Å². The van der Waals surface area contributed by atoms with E-state index in [4.69, 9.17) is 5.11 Å². The van der Waals surface area contributed by atoms with Crippen LogP contribution in [0.4, 0.5) is 0 Å². The van der Waals surface area contributed by atoms with Crippen molar-refractivity contribution in [1.29, 1.82) is 0 Å². The predicted molar refractivity (Wildman–Crippen MR) is 57.2 cm³/mol. The first-order valence-electron chi connectivity index (χ1n) is 5.63. The number of nitrogens with one attached hydrogen (secondary N) is 2. The van der Waals surface area contributed by atoms with Gasteiger partial charge in [-0.3, -0.25) is 14.9 Å². The summed E-state index contributed by atoms with van der Waals surface area (Å²) in [6, 6.07) is -1.23. The highest BCUT2D eigenvalue weighted by molar-refractivity contribution is 5.90. The van der Waals surface area contributed by atoms with Crippen molar-refractivity contribution >= 4 is 17.8 Å². The maximum atomic E-state index is 12.1. The predicted octanol–water partition coefficient (Wildman–Crippen LogP) is -1.85. The van der Waals surface area contributed by atoms with Crippen LogP contribution < -0.4 is 10.6 Å². The minimum absolute atomic E-state index is 0.0992. The van der Waals surface area contributed by atoms with Gasteiger partial charge in [0.05, 0.1) is 6.54 Å². The van der Waals surface area contributed by atoms with Gasteiger partial charge in [0, 0.05) is 13.1 Å². The van der Waals surface area contributed by atoms with Crippen LogP contribution >= 0.6 is 0 Å². The highest BCUT2D eigenvalue weighted by atomic mass is 16.4. The van der Waals surface area contributed by atoms with E-state index in [1.165, 1.54) is 4.90 Å². The molecule has 0 bridgehead atoms. The first-order chi connectivity index (χ1) is 8.09. The molecule has 2 unspecified atom stereocenters. The van der Waals surface area contributed by atoms with Crippen LogP contribution in [-0.4, -0.2) is 59.5 Å². The fourth-order valence-corrected chi connectivity index (χ4v) is 2.23. The Hall–Kier alpha value is -1.63. The molecule has 2 fully saturated rings. The smallest absolute Gasteiger partial charge is 0.326 e. The molecule has 0 aromatic carbocycles. The van der Waals surface area contributed by atoms with Crippen molar-refractivity contribution < 1.29 is 19.5 Å². The van der Waals surface area contributed by atoms with Gasteiger partial charge >= 0.3 is 5.97 Å². The number of hydrogen-bond acceptors (Lipinski definition) is 4. The lowest BCUT2D eigenvalue weighted by Gasteiger charge is -2.29. The molecular formula is C10H15N3O4.